The average molecular weight is 300 g/mol. The van der Waals surface area contributed by atoms with E-state index in [1.807, 2.05) is 13.0 Å². The van der Waals surface area contributed by atoms with E-state index in [0.717, 1.165) is 5.56 Å². The predicted molar refractivity (Wildman–Crippen MR) is 76.1 cm³/mol. The molecule has 6 heteroatoms. The maximum atomic E-state index is 11.6. The number of hydrogen-bond donors (Lipinski definition) is 2. The van der Waals surface area contributed by atoms with E-state index < -0.39 is 5.97 Å². The van der Waals surface area contributed by atoms with Crippen LogP contribution in [0.25, 0.3) is 0 Å². The van der Waals surface area contributed by atoms with E-state index in [4.69, 9.17) is 21.4 Å². The predicted octanol–water partition coefficient (Wildman–Crippen LogP) is 2.25. The van der Waals surface area contributed by atoms with Crippen molar-refractivity contribution >= 4 is 23.5 Å². The average Bonchev–Trinajstić information content (AvgIpc) is 2.36. The van der Waals surface area contributed by atoms with E-state index in [1.165, 1.54) is 0 Å². The van der Waals surface area contributed by atoms with Crippen LogP contribution in [0.1, 0.15) is 18.9 Å². The molecule has 2 N–H and O–H groups in total. The van der Waals surface area contributed by atoms with Gasteiger partial charge in [0.05, 0.1) is 5.02 Å². The van der Waals surface area contributed by atoms with Gasteiger partial charge in [0.15, 0.2) is 6.61 Å². The number of nitrogens with one attached hydrogen (secondary N) is 1. The molecule has 20 heavy (non-hydrogen) atoms. The zero-order valence-electron chi connectivity index (χ0n) is 11.5. The Labute approximate surface area is 122 Å². The summed E-state index contributed by atoms with van der Waals surface area (Å²) in [5, 5.41) is 11.7. The van der Waals surface area contributed by atoms with Gasteiger partial charge in [-0.15, -0.1) is 0 Å². The van der Waals surface area contributed by atoms with Crippen molar-refractivity contribution in [1.82, 2.24) is 5.32 Å². The molecule has 0 aliphatic heterocycles. The van der Waals surface area contributed by atoms with E-state index in [1.54, 1.807) is 19.1 Å². The molecule has 0 bridgehead atoms. The standard InChI is InChI=1S/C14H18ClNO4/c1-9-3-4-11(15)12(5-9)20-8-13(17)16-7-10(2)6-14(18)19/h3-5,10H,6-8H2,1-2H3,(H,16,17)(H,18,19). The van der Waals surface area contributed by atoms with E-state index >= 15 is 0 Å². The van der Waals surface area contributed by atoms with Crippen molar-refractivity contribution in [3.63, 3.8) is 0 Å². The summed E-state index contributed by atoms with van der Waals surface area (Å²) in [7, 11) is 0. The molecule has 1 rings (SSSR count). The number of carbonyl (C=O) groups excluding carboxylic acids is 1. The van der Waals surface area contributed by atoms with Gasteiger partial charge in [0, 0.05) is 13.0 Å². The number of benzene rings is 1. The minimum Gasteiger partial charge on any atom is -0.482 e. The molecule has 0 heterocycles. The molecular weight excluding hydrogens is 282 g/mol. The maximum absolute atomic E-state index is 11.6. The van der Waals surface area contributed by atoms with Crippen LogP contribution in [0, 0.1) is 12.8 Å². The number of ether oxygens (including phenoxy) is 1. The minimum absolute atomic E-state index is 0.0187. The third-order valence-electron chi connectivity index (χ3n) is 2.62. The number of carbonyl (C=O) groups is 2. The first-order valence-corrected chi connectivity index (χ1v) is 6.63. The number of aryl methyl sites for hydroxylation is 1. The summed E-state index contributed by atoms with van der Waals surface area (Å²) in [6.07, 6.45) is 0.0187. The highest BCUT2D eigenvalue weighted by Gasteiger charge is 2.10. The summed E-state index contributed by atoms with van der Waals surface area (Å²) in [5.74, 6) is -0.853. The molecule has 0 aromatic heterocycles. The van der Waals surface area contributed by atoms with Crippen LogP contribution in [0.5, 0.6) is 5.75 Å². The van der Waals surface area contributed by atoms with Crippen molar-refractivity contribution in [1.29, 1.82) is 0 Å². The van der Waals surface area contributed by atoms with Crippen molar-refractivity contribution in [3.05, 3.63) is 28.8 Å². The lowest BCUT2D eigenvalue weighted by molar-refractivity contribution is -0.138. The molecule has 0 fully saturated rings. The number of carboxylic acid groups (broad SMARTS) is 1. The van der Waals surface area contributed by atoms with Crippen molar-refractivity contribution < 1.29 is 19.4 Å². The molecule has 0 spiro atoms. The fourth-order valence-corrected chi connectivity index (χ4v) is 1.75. The van der Waals surface area contributed by atoms with Gasteiger partial charge in [0.2, 0.25) is 0 Å². The van der Waals surface area contributed by atoms with Crippen LogP contribution in [0.2, 0.25) is 5.02 Å². The Bertz CT molecular complexity index is 490. The number of amides is 1. The molecule has 1 unspecified atom stereocenters. The Balaban J connectivity index is 2.36. The third-order valence-corrected chi connectivity index (χ3v) is 2.93. The van der Waals surface area contributed by atoms with Crippen LogP contribution >= 0.6 is 11.6 Å². The Hall–Kier alpha value is -1.75. The highest BCUT2D eigenvalue weighted by Crippen LogP contribution is 2.24. The number of aliphatic carboxylic acids is 1. The van der Waals surface area contributed by atoms with Crippen LogP contribution < -0.4 is 10.1 Å². The van der Waals surface area contributed by atoms with Gasteiger partial charge in [-0.2, -0.15) is 0 Å². The van der Waals surface area contributed by atoms with Gasteiger partial charge in [0.1, 0.15) is 5.75 Å². The van der Waals surface area contributed by atoms with Gasteiger partial charge in [-0.25, -0.2) is 0 Å². The van der Waals surface area contributed by atoms with E-state index in [0.29, 0.717) is 17.3 Å². The smallest absolute Gasteiger partial charge is 0.303 e. The molecule has 0 radical (unpaired) electrons. The van der Waals surface area contributed by atoms with E-state index in [2.05, 4.69) is 5.32 Å². The summed E-state index contributed by atoms with van der Waals surface area (Å²) < 4.78 is 5.33. The largest absolute Gasteiger partial charge is 0.482 e. The first-order chi connectivity index (χ1) is 9.38. The topological polar surface area (TPSA) is 75.6 Å². The number of rotatable bonds is 7. The number of carboxylic acids is 1. The van der Waals surface area contributed by atoms with Crippen molar-refractivity contribution in [2.24, 2.45) is 5.92 Å². The molecule has 1 aromatic carbocycles. The summed E-state index contributed by atoms with van der Waals surface area (Å²) in [4.78, 5) is 22.1. The van der Waals surface area contributed by atoms with Crippen molar-refractivity contribution in [2.75, 3.05) is 13.2 Å². The minimum atomic E-state index is -0.880. The third kappa shape index (κ3) is 5.93. The highest BCUT2D eigenvalue weighted by atomic mass is 35.5. The molecule has 5 nitrogen and oxygen atoms in total. The molecule has 0 saturated heterocycles. The van der Waals surface area contributed by atoms with Crippen LogP contribution in [-0.4, -0.2) is 30.1 Å². The number of halogens is 1. The summed E-state index contributed by atoms with van der Waals surface area (Å²) in [6.45, 7) is 3.81. The molecular formula is C14H18ClNO4. The first-order valence-electron chi connectivity index (χ1n) is 6.26. The lowest BCUT2D eigenvalue weighted by atomic mass is 10.1. The molecule has 110 valence electrons. The Kier molecular flexibility index (Phi) is 6.31. The lowest BCUT2D eigenvalue weighted by Crippen LogP contribution is -2.33. The van der Waals surface area contributed by atoms with Crippen molar-refractivity contribution in [3.8, 4) is 5.75 Å². The molecule has 0 saturated carbocycles. The fourth-order valence-electron chi connectivity index (χ4n) is 1.57. The second kappa shape index (κ2) is 7.75. The van der Waals surface area contributed by atoms with E-state index in [-0.39, 0.29) is 24.9 Å². The highest BCUT2D eigenvalue weighted by molar-refractivity contribution is 6.32. The molecule has 1 atom stereocenters. The Morgan fingerprint density at radius 3 is 2.80 bits per heavy atom. The van der Waals surface area contributed by atoms with Gasteiger partial charge < -0.3 is 15.2 Å². The Morgan fingerprint density at radius 2 is 2.15 bits per heavy atom. The second-order valence-corrected chi connectivity index (χ2v) is 5.14. The molecule has 1 aromatic rings. The summed E-state index contributed by atoms with van der Waals surface area (Å²) in [6, 6.07) is 5.31. The molecule has 1 amide bonds. The van der Waals surface area contributed by atoms with Crippen LogP contribution in [0.3, 0.4) is 0 Å². The van der Waals surface area contributed by atoms with E-state index in [9.17, 15) is 9.59 Å². The van der Waals surface area contributed by atoms with Gasteiger partial charge in [-0.05, 0) is 30.5 Å². The summed E-state index contributed by atoms with van der Waals surface area (Å²) in [5.41, 5.74) is 0.986. The van der Waals surface area contributed by atoms with Crippen LogP contribution in [0.15, 0.2) is 18.2 Å². The zero-order chi connectivity index (χ0) is 15.1. The molecule has 0 aliphatic carbocycles. The lowest BCUT2D eigenvalue weighted by Gasteiger charge is -2.12. The normalized spacial score (nSPS) is 11.8. The van der Waals surface area contributed by atoms with Crippen LogP contribution in [-0.2, 0) is 9.59 Å². The first kappa shape index (κ1) is 16.3. The summed E-state index contributed by atoms with van der Waals surface area (Å²) >= 11 is 5.94. The van der Waals surface area contributed by atoms with Gasteiger partial charge in [-0.1, -0.05) is 24.6 Å². The van der Waals surface area contributed by atoms with Gasteiger partial charge >= 0.3 is 5.97 Å². The fraction of sp³-hybridized carbons (Fsp3) is 0.429. The zero-order valence-corrected chi connectivity index (χ0v) is 12.2. The Morgan fingerprint density at radius 1 is 1.45 bits per heavy atom. The second-order valence-electron chi connectivity index (χ2n) is 4.73. The van der Waals surface area contributed by atoms with Gasteiger partial charge in [-0.3, -0.25) is 9.59 Å². The molecule has 0 aliphatic rings. The maximum Gasteiger partial charge on any atom is 0.303 e. The monoisotopic (exact) mass is 299 g/mol. The SMILES string of the molecule is Cc1ccc(Cl)c(OCC(=O)NCC(C)CC(=O)O)c1. The van der Waals surface area contributed by atoms with Crippen molar-refractivity contribution in [2.45, 2.75) is 20.3 Å². The van der Waals surface area contributed by atoms with Gasteiger partial charge in [0.25, 0.3) is 5.91 Å². The number of hydrogen-bond acceptors (Lipinski definition) is 3. The quantitative estimate of drug-likeness (QED) is 0.810. The van der Waals surface area contributed by atoms with Crippen LogP contribution in [0.4, 0.5) is 0 Å².